The highest BCUT2D eigenvalue weighted by Gasteiger charge is 2.21. The summed E-state index contributed by atoms with van der Waals surface area (Å²) >= 11 is 0. The monoisotopic (exact) mass is 322 g/mol. The highest BCUT2D eigenvalue weighted by molar-refractivity contribution is 7.71. The number of nitrogens with one attached hydrogen (secondary N) is 1. The van der Waals surface area contributed by atoms with Crippen molar-refractivity contribution in [3.05, 3.63) is 35.4 Å². The number of likely N-dealkylation sites (tertiary alicyclic amines) is 1. The summed E-state index contributed by atoms with van der Waals surface area (Å²) in [6.07, 6.45) is 5.43. The lowest BCUT2D eigenvalue weighted by atomic mass is 9.87. The van der Waals surface area contributed by atoms with Gasteiger partial charge in [0.25, 0.3) is 0 Å². The molecule has 0 radical (unpaired) electrons. The second-order valence-electron chi connectivity index (χ2n) is 6.21. The van der Waals surface area contributed by atoms with Gasteiger partial charge in [-0.25, -0.2) is 8.42 Å². The molecule has 1 aromatic carbocycles. The summed E-state index contributed by atoms with van der Waals surface area (Å²) in [6.45, 7) is 5.39. The smallest absolute Gasteiger partial charge is 0.144 e. The lowest BCUT2D eigenvalue weighted by molar-refractivity contribution is 0.207. The molecule has 1 saturated heterocycles. The Balaban J connectivity index is 2.00. The Morgan fingerprint density at radius 2 is 1.82 bits per heavy atom. The maximum Gasteiger partial charge on any atom is 0.144 e. The Morgan fingerprint density at radius 1 is 1.18 bits per heavy atom. The van der Waals surface area contributed by atoms with E-state index in [-0.39, 0.29) is 17.6 Å². The number of nitrogens with zero attached hydrogens (tertiary/aromatic N) is 1. The Hall–Kier alpha value is -1.20. The van der Waals surface area contributed by atoms with Crippen LogP contribution in [0.3, 0.4) is 0 Å². The number of piperidine rings is 1. The van der Waals surface area contributed by atoms with Crippen LogP contribution in [0.5, 0.6) is 0 Å². The van der Waals surface area contributed by atoms with Gasteiger partial charge in [-0.3, -0.25) is 0 Å². The van der Waals surface area contributed by atoms with Crippen LogP contribution in [-0.4, -0.2) is 39.2 Å². The Morgan fingerprint density at radius 3 is 2.36 bits per heavy atom. The molecule has 0 amide bonds. The van der Waals surface area contributed by atoms with Gasteiger partial charge < -0.3 is 10.3 Å². The normalized spacial score (nSPS) is 19.0. The Kier molecular flexibility index (Phi) is 6.58. The highest BCUT2D eigenvalue weighted by Crippen LogP contribution is 2.25. The molecule has 2 atom stereocenters. The molecule has 1 N–H and O–H groups in total. The molecular formula is C17H26N2O2S. The van der Waals surface area contributed by atoms with Crippen molar-refractivity contribution in [2.24, 2.45) is 5.92 Å². The van der Waals surface area contributed by atoms with E-state index >= 15 is 0 Å². The van der Waals surface area contributed by atoms with Gasteiger partial charge in [-0.15, -0.1) is 0 Å². The van der Waals surface area contributed by atoms with Crippen molar-refractivity contribution in [3.63, 3.8) is 0 Å². The molecule has 2 unspecified atom stereocenters. The van der Waals surface area contributed by atoms with Crippen LogP contribution >= 0.6 is 0 Å². The van der Waals surface area contributed by atoms with Crippen LogP contribution in [-0.2, 0) is 16.5 Å². The second kappa shape index (κ2) is 8.44. The third-order valence-corrected chi connectivity index (χ3v) is 5.21. The van der Waals surface area contributed by atoms with E-state index in [0.29, 0.717) is 0 Å². The summed E-state index contributed by atoms with van der Waals surface area (Å²) in [6, 6.07) is 7.79. The minimum absolute atomic E-state index is 0.103. The summed E-state index contributed by atoms with van der Waals surface area (Å²) in [5.74, 6) is 0.584. The molecular weight excluding hydrogens is 296 g/mol. The van der Waals surface area contributed by atoms with Crippen molar-refractivity contribution >= 4 is 16.9 Å². The van der Waals surface area contributed by atoms with Crippen LogP contribution in [0.2, 0.25) is 0 Å². The minimum atomic E-state index is -2.37. The zero-order valence-corrected chi connectivity index (χ0v) is 14.1. The Bertz CT molecular complexity index is 540. The van der Waals surface area contributed by atoms with Crippen LogP contribution in [0.25, 0.3) is 0 Å². The first-order valence-electron chi connectivity index (χ1n) is 8.03. The quantitative estimate of drug-likeness (QED) is 0.599. The number of thiol groups is 1. The van der Waals surface area contributed by atoms with Gasteiger partial charge in [0.2, 0.25) is 0 Å². The molecule has 1 fully saturated rings. The van der Waals surface area contributed by atoms with E-state index < -0.39 is 10.7 Å². The van der Waals surface area contributed by atoms with Crippen molar-refractivity contribution in [2.75, 3.05) is 19.6 Å². The first-order valence-corrected chi connectivity index (χ1v) is 9.40. The molecule has 5 heteroatoms. The van der Waals surface area contributed by atoms with E-state index in [1.54, 1.807) is 6.21 Å². The fourth-order valence-electron chi connectivity index (χ4n) is 3.12. The molecule has 0 aliphatic carbocycles. The molecule has 1 aliphatic heterocycles. The van der Waals surface area contributed by atoms with Crippen molar-refractivity contribution in [1.82, 2.24) is 4.90 Å². The summed E-state index contributed by atoms with van der Waals surface area (Å²) in [4.78, 5) is 2.46. The molecule has 0 aromatic heterocycles. The first-order chi connectivity index (χ1) is 10.6. The van der Waals surface area contributed by atoms with Crippen molar-refractivity contribution in [1.29, 1.82) is 5.41 Å². The van der Waals surface area contributed by atoms with E-state index in [4.69, 9.17) is 5.41 Å². The predicted molar refractivity (Wildman–Crippen MR) is 91.4 cm³/mol. The fourth-order valence-corrected chi connectivity index (χ4v) is 3.63. The first kappa shape index (κ1) is 17.2. The van der Waals surface area contributed by atoms with Gasteiger partial charge in [0.1, 0.15) is 10.7 Å². The third kappa shape index (κ3) is 4.92. The number of hydrogen-bond donors (Lipinski definition) is 2. The second-order valence-corrected chi connectivity index (χ2v) is 7.19. The zero-order chi connectivity index (χ0) is 15.9. The fraction of sp³-hybridized carbons (Fsp3) is 0.588. The highest BCUT2D eigenvalue weighted by atomic mass is 32.2. The topological polar surface area (TPSA) is 61.2 Å². The molecule has 1 aromatic rings. The molecule has 2 rings (SSSR count). The lowest BCUT2D eigenvalue weighted by Gasteiger charge is -2.31. The minimum Gasteiger partial charge on any atom is -0.313 e. The summed E-state index contributed by atoms with van der Waals surface area (Å²) in [5.41, 5.74) is 2.00. The predicted octanol–water partition coefficient (Wildman–Crippen LogP) is 2.65. The van der Waals surface area contributed by atoms with Gasteiger partial charge in [0.15, 0.2) is 0 Å². The summed E-state index contributed by atoms with van der Waals surface area (Å²) in [7, 11) is -2.37. The number of rotatable bonds is 7. The molecule has 0 saturated carbocycles. The molecule has 0 spiro atoms. The van der Waals surface area contributed by atoms with E-state index in [1.165, 1.54) is 24.8 Å². The van der Waals surface area contributed by atoms with Gasteiger partial charge in [-0.05, 0) is 43.0 Å². The molecule has 1 aliphatic rings. The lowest BCUT2D eigenvalue weighted by Crippen LogP contribution is -2.36. The molecule has 0 bridgehead atoms. The van der Waals surface area contributed by atoms with Crippen LogP contribution in [0.15, 0.2) is 24.3 Å². The SMILES string of the molecule is CC(c1ccc(C[SH](=O)=O)cc1)C(C=N)CN1CCCCC1. The molecule has 122 valence electrons. The number of hydrogen-bond acceptors (Lipinski definition) is 4. The van der Waals surface area contributed by atoms with Gasteiger partial charge in [-0.1, -0.05) is 37.6 Å². The van der Waals surface area contributed by atoms with Crippen LogP contribution in [0.4, 0.5) is 0 Å². The average molecular weight is 322 g/mol. The number of benzene rings is 1. The largest absolute Gasteiger partial charge is 0.313 e. The van der Waals surface area contributed by atoms with Crippen LogP contribution in [0.1, 0.15) is 43.2 Å². The Labute approximate surface area is 135 Å². The maximum atomic E-state index is 10.8. The molecule has 1 heterocycles. The van der Waals surface area contributed by atoms with E-state index in [9.17, 15) is 8.42 Å². The summed E-state index contributed by atoms with van der Waals surface area (Å²) < 4.78 is 21.5. The molecule has 22 heavy (non-hydrogen) atoms. The summed E-state index contributed by atoms with van der Waals surface area (Å²) in [5, 5.41) is 7.76. The van der Waals surface area contributed by atoms with Gasteiger partial charge in [-0.2, -0.15) is 0 Å². The van der Waals surface area contributed by atoms with Gasteiger partial charge in [0.05, 0.1) is 5.75 Å². The van der Waals surface area contributed by atoms with Gasteiger partial charge in [0, 0.05) is 18.7 Å². The van der Waals surface area contributed by atoms with Crippen LogP contribution < -0.4 is 0 Å². The molecule has 4 nitrogen and oxygen atoms in total. The maximum absolute atomic E-state index is 10.8. The third-order valence-electron chi connectivity index (χ3n) is 4.59. The van der Waals surface area contributed by atoms with E-state index in [2.05, 4.69) is 11.8 Å². The van der Waals surface area contributed by atoms with Gasteiger partial charge >= 0.3 is 0 Å². The van der Waals surface area contributed by atoms with Crippen molar-refractivity contribution in [2.45, 2.75) is 37.9 Å². The van der Waals surface area contributed by atoms with E-state index in [0.717, 1.165) is 25.2 Å². The zero-order valence-electron chi connectivity index (χ0n) is 13.2. The standard InChI is InChI=1S/C17H26N2O2S/c1-14(16-7-5-15(6-8-16)13-22(20)21)17(11-18)12-19-9-3-2-4-10-19/h5-8,11,14,17-18,22H,2-4,9-10,12-13H2,1H3. The van der Waals surface area contributed by atoms with E-state index in [1.807, 2.05) is 24.3 Å². The van der Waals surface area contributed by atoms with Crippen molar-refractivity contribution in [3.8, 4) is 0 Å². The van der Waals surface area contributed by atoms with Crippen molar-refractivity contribution < 1.29 is 8.42 Å². The van der Waals surface area contributed by atoms with Crippen LogP contribution in [0, 0.1) is 11.3 Å². The average Bonchev–Trinajstić information content (AvgIpc) is 2.53.